The summed E-state index contributed by atoms with van der Waals surface area (Å²) in [6.07, 6.45) is 0. The fourth-order valence-corrected chi connectivity index (χ4v) is 1.98. The van der Waals surface area contributed by atoms with Crippen LogP contribution in [0.1, 0.15) is 0 Å². The number of nitro benzene ring substituents is 1. The Morgan fingerprint density at radius 2 is 1.42 bits per heavy atom. The van der Waals surface area contributed by atoms with Crippen LogP contribution in [0.5, 0.6) is 11.5 Å². The molecule has 26 heavy (non-hydrogen) atoms. The second-order valence-electron chi connectivity index (χ2n) is 4.83. The average Bonchev–Trinajstić information content (AvgIpc) is 2.64. The second-order valence-corrected chi connectivity index (χ2v) is 5.24. The summed E-state index contributed by atoms with van der Waals surface area (Å²) < 4.78 is 10.3. The maximum absolute atomic E-state index is 11.6. The fraction of sp³-hybridized carbons (Fsp3) is 0.125. The summed E-state index contributed by atoms with van der Waals surface area (Å²) in [6.45, 7) is -0.883. The van der Waals surface area contributed by atoms with Gasteiger partial charge in [-0.2, -0.15) is 0 Å². The van der Waals surface area contributed by atoms with Crippen LogP contribution in [0.15, 0.2) is 48.5 Å². The monoisotopic (exact) mass is 379 g/mol. The van der Waals surface area contributed by atoms with Crippen LogP contribution in [0.2, 0.25) is 5.02 Å². The number of carbonyl (C=O) groups is 2. The minimum Gasteiger partial charge on any atom is -0.482 e. The van der Waals surface area contributed by atoms with E-state index in [-0.39, 0.29) is 18.0 Å². The number of carbonyl (C=O) groups excluding carboxylic acids is 2. The van der Waals surface area contributed by atoms with E-state index in [1.54, 1.807) is 24.3 Å². The Labute approximate surface area is 153 Å². The number of para-hydroxylation sites is 3. The molecular weight excluding hydrogens is 366 g/mol. The van der Waals surface area contributed by atoms with E-state index in [0.717, 1.165) is 0 Å². The van der Waals surface area contributed by atoms with Crippen molar-refractivity contribution in [1.29, 1.82) is 0 Å². The normalized spacial score (nSPS) is 9.88. The molecule has 0 bridgehead atoms. The van der Waals surface area contributed by atoms with Gasteiger partial charge in [0.1, 0.15) is 5.75 Å². The molecule has 0 aromatic heterocycles. The van der Waals surface area contributed by atoms with Gasteiger partial charge in [0.2, 0.25) is 0 Å². The van der Waals surface area contributed by atoms with Gasteiger partial charge in [-0.15, -0.1) is 0 Å². The second kappa shape index (κ2) is 9.23. The molecule has 0 aliphatic heterocycles. The third-order valence-corrected chi connectivity index (χ3v) is 3.27. The van der Waals surface area contributed by atoms with Gasteiger partial charge in [-0.1, -0.05) is 35.9 Å². The first-order valence-corrected chi connectivity index (χ1v) is 7.66. The van der Waals surface area contributed by atoms with Crippen molar-refractivity contribution in [3.8, 4) is 11.5 Å². The Balaban J connectivity index is 1.74. The largest absolute Gasteiger partial charge is 0.482 e. The molecule has 2 aromatic rings. The Kier molecular flexibility index (Phi) is 6.75. The Morgan fingerprint density at radius 1 is 0.923 bits per heavy atom. The number of hydrazine groups is 1. The number of nitrogens with one attached hydrogen (secondary N) is 2. The molecule has 0 atom stereocenters. The first-order chi connectivity index (χ1) is 12.5. The number of ether oxygens (including phenoxy) is 2. The minimum absolute atomic E-state index is 0.0546. The zero-order chi connectivity index (χ0) is 18.9. The minimum atomic E-state index is -0.700. The molecule has 0 aliphatic rings. The van der Waals surface area contributed by atoms with Gasteiger partial charge in [-0.05, 0) is 18.2 Å². The van der Waals surface area contributed by atoms with Crippen molar-refractivity contribution in [2.45, 2.75) is 0 Å². The van der Waals surface area contributed by atoms with Gasteiger partial charge >= 0.3 is 5.69 Å². The highest BCUT2D eigenvalue weighted by atomic mass is 35.5. The number of nitro groups is 1. The lowest BCUT2D eigenvalue weighted by Gasteiger charge is -2.10. The third-order valence-electron chi connectivity index (χ3n) is 2.96. The molecule has 0 unspecified atom stereocenters. The van der Waals surface area contributed by atoms with Gasteiger partial charge in [0.15, 0.2) is 19.0 Å². The topological polar surface area (TPSA) is 120 Å². The van der Waals surface area contributed by atoms with Crippen LogP contribution >= 0.6 is 11.6 Å². The van der Waals surface area contributed by atoms with E-state index >= 15 is 0 Å². The number of hydrogen-bond donors (Lipinski definition) is 2. The Hall–Kier alpha value is -3.33. The summed E-state index contributed by atoms with van der Waals surface area (Å²) in [6, 6.07) is 12.2. The van der Waals surface area contributed by atoms with Crippen molar-refractivity contribution in [3.63, 3.8) is 0 Å². The van der Waals surface area contributed by atoms with Gasteiger partial charge in [-0.3, -0.25) is 30.6 Å². The van der Waals surface area contributed by atoms with Crippen LogP contribution in [-0.4, -0.2) is 30.0 Å². The molecule has 2 amide bonds. The fourth-order valence-electron chi connectivity index (χ4n) is 1.79. The molecule has 0 aliphatic carbocycles. The molecule has 0 saturated carbocycles. The zero-order valence-corrected chi connectivity index (χ0v) is 14.1. The van der Waals surface area contributed by atoms with Gasteiger partial charge in [0.25, 0.3) is 11.8 Å². The van der Waals surface area contributed by atoms with E-state index in [9.17, 15) is 19.7 Å². The first-order valence-electron chi connectivity index (χ1n) is 7.28. The molecule has 0 fully saturated rings. The smallest absolute Gasteiger partial charge is 0.310 e. The first kappa shape index (κ1) is 19.0. The summed E-state index contributed by atoms with van der Waals surface area (Å²) in [7, 11) is 0. The van der Waals surface area contributed by atoms with Crippen molar-refractivity contribution in [2.75, 3.05) is 13.2 Å². The lowest BCUT2D eigenvalue weighted by atomic mass is 10.3. The van der Waals surface area contributed by atoms with E-state index in [4.69, 9.17) is 21.1 Å². The molecule has 0 saturated heterocycles. The zero-order valence-electron chi connectivity index (χ0n) is 13.3. The van der Waals surface area contributed by atoms with E-state index in [2.05, 4.69) is 10.9 Å². The predicted molar refractivity (Wildman–Crippen MR) is 91.8 cm³/mol. The summed E-state index contributed by atoms with van der Waals surface area (Å²) in [5, 5.41) is 11.2. The highest BCUT2D eigenvalue weighted by Crippen LogP contribution is 2.25. The summed E-state index contributed by atoms with van der Waals surface area (Å²) in [5.41, 5.74) is 3.97. The van der Waals surface area contributed by atoms with Crippen LogP contribution in [-0.2, 0) is 9.59 Å². The number of amides is 2. The maximum atomic E-state index is 11.6. The number of hydrogen-bond acceptors (Lipinski definition) is 6. The maximum Gasteiger partial charge on any atom is 0.310 e. The van der Waals surface area contributed by atoms with E-state index < -0.39 is 23.3 Å². The Morgan fingerprint density at radius 3 is 2.00 bits per heavy atom. The van der Waals surface area contributed by atoms with Gasteiger partial charge in [-0.25, -0.2) is 0 Å². The quantitative estimate of drug-likeness (QED) is 0.559. The number of nitrogens with zero attached hydrogens (tertiary/aromatic N) is 1. The summed E-state index contributed by atoms with van der Waals surface area (Å²) in [4.78, 5) is 33.5. The number of halogens is 1. The summed E-state index contributed by atoms with van der Waals surface area (Å²) >= 11 is 5.88. The third kappa shape index (κ3) is 5.64. The van der Waals surface area contributed by atoms with Crippen LogP contribution in [0.3, 0.4) is 0 Å². The van der Waals surface area contributed by atoms with Gasteiger partial charge < -0.3 is 9.47 Å². The molecule has 0 spiro atoms. The van der Waals surface area contributed by atoms with Crippen molar-refractivity contribution in [2.24, 2.45) is 0 Å². The van der Waals surface area contributed by atoms with Crippen molar-refractivity contribution in [1.82, 2.24) is 10.9 Å². The van der Waals surface area contributed by atoms with Crippen LogP contribution in [0.25, 0.3) is 0 Å². The highest BCUT2D eigenvalue weighted by Gasteiger charge is 2.15. The van der Waals surface area contributed by atoms with E-state index in [0.29, 0.717) is 10.8 Å². The molecule has 10 heteroatoms. The van der Waals surface area contributed by atoms with Crippen molar-refractivity contribution < 1.29 is 24.0 Å². The van der Waals surface area contributed by atoms with Crippen molar-refractivity contribution in [3.05, 3.63) is 63.7 Å². The van der Waals surface area contributed by atoms with E-state index in [1.165, 1.54) is 24.3 Å². The molecule has 136 valence electrons. The molecule has 0 heterocycles. The van der Waals surface area contributed by atoms with Crippen LogP contribution in [0.4, 0.5) is 5.69 Å². The van der Waals surface area contributed by atoms with Crippen LogP contribution in [0, 0.1) is 10.1 Å². The Bertz CT molecular complexity index is 814. The number of rotatable bonds is 7. The molecule has 9 nitrogen and oxygen atoms in total. The van der Waals surface area contributed by atoms with E-state index in [1.807, 2.05) is 0 Å². The predicted octanol–water partition coefficient (Wildman–Crippen LogP) is 1.85. The van der Waals surface area contributed by atoms with Gasteiger partial charge in [0, 0.05) is 6.07 Å². The number of benzene rings is 2. The standard InChI is InChI=1S/C16H14ClN3O6/c17-11-5-1-3-7-13(11)25-9-15(21)18-19-16(22)10-26-14-8-4-2-6-12(14)20(23)24/h1-8H,9-10H2,(H,18,21)(H,19,22). The SMILES string of the molecule is O=C(COc1ccccc1Cl)NNC(=O)COc1ccccc1[N+](=O)[O-]. The van der Waals surface area contributed by atoms with Crippen molar-refractivity contribution >= 4 is 29.1 Å². The molecule has 2 aromatic carbocycles. The summed E-state index contributed by atoms with van der Waals surface area (Å²) in [5.74, 6) is -1.05. The van der Waals surface area contributed by atoms with Gasteiger partial charge in [0.05, 0.1) is 9.95 Å². The lowest BCUT2D eigenvalue weighted by molar-refractivity contribution is -0.385. The molecule has 2 rings (SSSR count). The average molecular weight is 380 g/mol. The molecular formula is C16H14ClN3O6. The lowest BCUT2D eigenvalue weighted by Crippen LogP contribution is -2.45. The highest BCUT2D eigenvalue weighted by molar-refractivity contribution is 6.32. The molecule has 0 radical (unpaired) electrons. The van der Waals surface area contributed by atoms with Crippen LogP contribution < -0.4 is 20.3 Å². The molecule has 2 N–H and O–H groups in total.